The molecule has 0 bridgehead atoms. The first kappa shape index (κ1) is 12.0. The van der Waals surface area contributed by atoms with E-state index < -0.39 is 0 Å². The fourth-order valence-electron chi connectivity index (χ4n) is 2.32. The van der Waals surface area contributed by atoms with Gasteiger partial charge in [-0.3, -0.25) is 0 Å². The Balaban J connectivity index is 2.04. The van der Waals surface area contributed by atoms with Crippen molar-refractivity contribution < 1.29 is 0 Å². The first-order valence-electron chi connectivity index (χ1n) is 6.05. The molecule has 1 fully saturated rings. The van der Waals surface area contributed by atoms with E-state index in [-0.39, 0.29) is 10.8 Å². The van der Waals surface area contributed by atoms with Crippen LogP contribution in [0.15, 0.2) is 12.4 Å². The van der Waals surface area contributed by atoms with Crippen molar-refractivity contribution in [2.45, 2.75) is 50.4 Å². The van der Waals surface area contributed by atoms with Crippen LogP contribution < -0.4 is 5.73 Å². The van der Waals surface area contributed by atoms with Crippen molar-refractivity contribution >= 4 is 11.8 Å². The molecule has 90 valence electrons. The van der Waals surface area contributed by atoms with Crippen LogP contribution in [0.3, 0.4) is 0 Å². The van der Waals surface area contributed by atoms with E-state index in [1.807, 2.05) is 24.2 Å². The van der Waals surface area contributed by atoms with Crippen molar-refractivity contribution in [1.29, 1.82) is 0 Å². The molecule has 0 spiro atoms. The monoisotopic (exact) mass is 239 g/mol. The Labute approximate surface area is 102 Å². The number of nitrogens with two attached hydrogens (primary N) is 1. The van der Waals surface area contributed by atoms with Crippen LogP contribution in [0.2, 0.25) is 0 Å². The molecule has 0 aliphatic carbocycles. The third-order valence-corrected chi connectivity index (χ3v) is 5.24. The summed E-state index contributed by atoms with van der Waals surface area (Å²) < 4.78 is 2.44. The van der Waals surface area contributed by atoms with Crippen LogP contribution >= 0.6 is 11.8 Å². The quantitative estimate of drug-likeness (QED) is 0.874. The molecule has 3 nitrogen and oxygen atoms in total. The van der Waals surface area contributed by atoms with E-state index in [0.29, 0.717) is 0 Å². The van der Waals surface area contributed by atoms with Gasteiger partial charge in [-0.25, -0.2) is 4.98 Å². The highest BCUT2D eigenvalue weighted by Crippen LogP contribution is 2.40. The minimum Gasteiger partial charge on any atom is -0.335 e. The van der Waals surface area contributed by atoms with Gasteiger partial charge in [-0.15, -0.1) is 0 Å². The van der Waals surface area contributed by atoms with Crippen LogP contribution in [0.4, 0.5) is 0 Å². The Bertz CT molecular complexity index is 342. The van der Waals surface area contributed by atoms with Crippen molar-refractivity contribution in [2.24, 2.45) is 5.73 Å². The van der Waals surface area contributed by atoms with Gasteiger partial charge in [-0.05, 0) is 32.4 Å². The molecule has 2 atom stereocenters. The summed E-state index contributed by atoms with van der Waals surface area (Å²) in [7, 11) is 0. The molecule has 0 saturated carbocycles. The van der Waals surface area contributed by atoms with E-state index in [1.165, 1.54) is 18.6 Å². The molecule has 1 aromatic heterocycles. The number of imidazole rings is 1. The van der Waals surface area contributed by atoms with E-state index in [9.17, 15) is 0 Å². The number of nitrogens with zero attached hydrogens (tertiary/aromatic N) is 2. The minimum absolute atomic E-state index is 0.215. The third-order valence-electron chi connectivity index (χ3n) is 3.58. The molecule has 0 aromatic carbocycles. The zero-order chi connectivity index (χ0) is 11.6. The van der Waals surface area contributed by atoms with E-state index in [2.05, 4.69) is 23.4 Å². The highest BCUT2D eigenvalue weighted by Gasteiger charge is 2.36. The zero-order valence-electron chi connectivity index (χ0n) is 10.1. The van der Waals surface area contributed by atoms with E-state index >= 15 is 0 Å². The smallest absolute Gasteiger partial charge is 0.110 e. The topological polar surface area (TPSA) is 43.8 Å². The van der Waals surface area contributed by atoms with Crippen molar-refractivity contribution in [1.82, 2.24) is 9.55 Å². The molecule has 2 unspecified atom stereocenters. The molecule has 1 aliphatic rings. The summed E-state index contributed by atoms with van der Waals surface area (Å²) in [4.78, 5) is 4.40. The summed E-state index contributed by atoms with van der Waals surface area (Å²) in [6.45, 7) is 5.42. The average molecular weight is 239 g/mol. The molecule has 16 heavy (non-hydrogen) atoms. The Morgan fingerprint density at radius 3 is 3.12 bits per heavy atom. The lowest BCUT2D eigenvalue weighted by molar-refractivity contribution is 0.467. The van der Waals surface area contributed by atoms with Gasteiger partial charge in [0, 0.05) is 36.1 Å². The van der Waals surface area contributed by atoms with Crippen LogP contribution in [0.1, 0.15) is 32.5 Å². The largest absolute Gasteiger partial charge is 0.335 e. The molecule has 2 N–H and O–H groups in total. The molecule has 1 saturated heterocycles. The first-order chi connectivity index (χ1) is 7.65. The van der Waals surface area contributed by atoms with Crippen molar-refractivity contribution in [3.63, 3.8) is 0 Å². The van der Waals surface area contributed by atoms with Crippen LogP contribution in [-0.2, 0) is 13.0 Å². The summed E-state index contributed by atoms with van der Waals surface area (Å²) >= 11 is 2.03. The molecule has 4 heteroatoms. The van der Waals surface area contributed by atoms with Crippen LogP contribution in [0, 0.1) is 0 Å². The van der Waals surface area contributed by atoms with E-state index in [4.69, 9.17) is 5.73 Å². The lowest BCUT2D eigenvalue weighted by Gasteiger charge is -2.30. The van der Waals surface area contributed by atoms with Gasteiger partial charge in [0.05, 0.1) is 0 Å². The van der Waals surface area contributed by atoms with Gasteiger partial charge in [0.2, 0.25) is 0 Å². The maximum atomic E-state index is 6.35. The van der Waals surface area contributed by atoms with Crippen molar-refractivity contribution in [2.75, 3.05) is 5.75 Å². The maximum absolute atomic E-state index is 6.35. The molecule has 2 rings (SSSR count). The standard InChI is InChI=1S/C12H21N3S/c1-3-15-7-6-14-11(15)9-10(13)12(2)5-4-8-16-12/h6-7,10H,3-5,8-9,13H2,1-2H3. The van der Waals surface area contributed by atoms with Crippen molar-refractivity contribution in [3.05, 3.63) is 18.2 Å². The van der Waals surface area contributed by atoms with Crippen LogP contribution in [0.25, 0.3) is 0 Å². The molecule has 0 amide bonds. The molecule has 1 aromatic rings. The number of rotatable bonds is 4. The van der Waals surface area contributed by atoms with Gasteiger partial charge in [0.1, 0.15) is 5.82 Å². The van der Waals surface area contributed by atoms with Crippen LogP contribution in [-0.4, -0.2) is 26.1 Å². The Morgan fingerprint density at radius 2 is 2.50 bits per heavy atom. The lowest BCUT2D eigenvalue weighted by Crippen LogP contribution is -2.43. The molecule has 2 heterocycles. The summed E-state index contributed by atoms with van der Waals surface area (Å²) in [6, 6.07) is 0.215. The highest BCUT2D eigenvalue weighted by molar-refractivity contribution is 8.00. The molecular weight excluding hydrogens is 218 g/mol. The number of hydrogen-bond acceptors (Lipinski definition) is 3. The number of thioether (sulfide) groups is 1. The molecule has 0 radical (unpaired) electrons. The number of aromatic nitrogens is 2. The lowest BCUT2D eigenvalue weighted by atomic mass is 9.94. The fraction of sp³-hybridized carbons (Fsp3) is 0.750. The van der Waals surface area contributed by atoms with Gasteiger partial charge in [0.15, 0.2) is 0 Å². The van der Waals surface area contributed by atoms with Crippen molar-refractivity contribution in [3.8, 4) is 0 Å². The first-order valence-corrected chi connectivity index (χ1v) is 7.04. The second-order valence-electron chi connectivity index (χ2n) is 4.70. The van der Waals surface area contributed by atoms with Gasteiger partial charge in [-0.1, -0.05) is 0 Å². The predicted molar refractivity (Wildman–Crippen MR) is 69.7 cm³/mol. The second kappa shape index (κ2) is 4.80. The Morgan fingerprint density at radius 1 is 1.69 bits per heavy atom. The van der Waals surface area contributed by atoms with Crippen LogP contribution in [0.5, 0.6) is 0 Å². The fourth-order valence-corrected chi connectivity index (χ4v) is 3.66. The third kappa shape index (κ3) is 2.28. The SMILES string of the molecule is CCn1ccnc1CC(N)C1(C)CCCS1. The summed E-state index contributed by atoms with van der Waals surface area (Å²) in [5, 5.41) is 0. The summed E-state index contributed by atoms with van der Waals surface area (Å²) in [6.07, 6.45) is 7.34. The van der Waals surface area contributed by atoms with E-state index in [1.54, 1.807) is 0 Å². The number of hydrogen-bond donors (Lipinski definition) is 1. The second-order valence-corrected chi connectivity index (χ2v) is 6.33. The highest BCUT2D eigenvalue weighted by atomic mass is 32.2. The van der Waals surface area contributed by atoms with Gasteiger partial charge in [0.25, 0.3) is 0 Å². The summed E-state index contributed by atoms with van der Waals surface area (Å²) in [5.74, 6) is 2.38. The predicted octanol–water partition coefficient (Wildman–Crippen LogP) is 2.06. The minimum atomic E-state index is 0.215. The normalized spacial score (nSPS) is 27.2. The molecular formula is C12H21N3S. The molecule has 1 aliphatic heterocycles. The van der Waals surface area contributed by atoms with Gasteiger partial charge >= 0.3 is 0 Å². The average Bonchev–Trinajstić information content (AvgIpc) is 2.87. The Kier molecular flexibility index (Phi) is 3.60. The van der Waals surface area contributed by atoms with Gasteiger partial charge < -0.3 is 10.3 Å². The summed E-state index contributed by atoms with van der Waals surface area (Å²) in [5.41, 5.74) is 6.35. The Hall–Kier alpha value is -0.480. The van der Waals surface area contributed by atoms with E-state index in [0.717, 1.165) is 18.8 Å². The number of aryl methyl sites for hydroxylation is 1. The van der Waals surface area contributed by atoms with Gasteiger partial charge in [-0.2, -0.15) is 11.8 Å². The zero-order valence-corrected chi connectivity index (χ0v) is 11.0. The maximum Gasteiger partial charge on any atom is 0.110 e.